The molecular formula is C16H21FN2O2. The van der Waals surface area contributed by atoms with E-state index in [0.29, 0.717) is 31.5 Å². The molecule has 1 aliphatic carbocycles. The summed E-state index contributed by atoms with van der Waals surface area (Å²) in [5.41, 5.74) is 0.589. The van der Waals surface area contributed by atoms with Crippen LogP contribution in [0.15, 0.2) is 24.3 Å². The number of nitrogens with one attached hydrogen (secondary N) is 2. The summed E-state index contributed by atoms with van der Waals surface area (Å²) in [6.45, 7) is 3.02. The van der Waals surface area contributed by atoms with Crippen molar-refractivity contribution in [3.63, 3.8) is 0 Å². The van der Waals surface area contributed by atoms with Crippen molar-refractivity contribution in [1.29, 1.82) is 0 Å². The molecule has 1 fully saturated rings. The van der Waals surface area contributed by atoms with Crippen LogP contribution in [-0.4, -0.2) is 24.9 Å². The Balaban J connectivity index is 1.70. The SMILES string of the molecule is CCCNC(=O)C1CC1C(=O)NCCc1ccccc1F. The Morgan fingerprint density at radius 2 is 1.76 bits per heavy atom. The van der Waals surface area contributed by atoms with Crippen molar-refractivity contribution in [2.24, 2.45) is 11.8 Å². The van der Waals surface area contributed by atoms with Gasteiger partial charge in [-0.2, -0.15) is 0 Å². The van der Waals surface area contributed by atoms with E-state index in [-0.39, 0.29) is 29.5 Å². The predicted octanol–water partition coefficient (Wildman–Crippen LogP) is 1.65. The zero-order valence-corrected chi connectivity index (χ0v) is 12.2. The summed E-state index contributed by atoms with van der Waals surface area (Å²) in [5.74, 6) is -0.809. The van der Waals surface area contributed by atoms with Crippen molar-refractivity contribution in [3.05, 3.63) is 35.6 Å². The van der Waals surface area contributed by atoms with E-state index in [1.54, 1.807) is 18.2 Å². The highest BCUT2D eigenvalue weighted by atomic mass is 19.1. The van der Waals surface area contributed by atoms with E-state index in [4.69, 9.17) is 0 Å². The van der Waals surface area contributed by atoms with Crippen molar-refractivity contribution >= 4 is 11.8 Å². The van der Waals surface area contributed by atoms with Gasteiger partial charge in [-0.05, 0) is 30.9 Å². The third-order valence-corrected chi connectivity index (χ3v) is 3.66. The molecule has 5 heteroatoms. The van der Waals surface area contributed by atoms with Crippen LogP contribution in [0.5, 0.6) is 0 Å². The highest BCUT2D eigenvalue weighted by molar-refractivity contribution is 5.92. The lowest BCUT2D eigenvalue weighted by Crippen LogP contribution is -2.31. The van der Waals surface area contributed by atoms with Crippen LogP contribution in [0, 0.1) is 17.7 Å². The van der Waals surface area contributed by atoms with Gasteiger partial charge in [0.05, 0.1) is 11.8 Å². The molecule has 2 rings (SSSR count). The highest BCUT2D eigenvalue weighted by Gasteiger charge is 2.47. The number of benzene rings is 1. The summed E-state index contributed by atoms with van der Waals surface area (Å²) in [6.07, 6.45) is 1.96. The van der Waals surface area contributed by atoms with Crippen LogP contribution >= 0.6 is 0 Å². The molecule has 0 bridgehead atoms. The van der Waals surface area contributed by atoms with Crippen LogP contribution in [0.2, 0.25) is 0 Å². The van der Waals surface area contributed by atoms with Crippen LogP contribution in [0.25, 0.3) is 0 Å². The number of rotatable bonds is 7. The molecule has 0 aromatic heterocycles. The van der Waals surface area contributed by atoms with Crippen LogP contribution in [0.3, 0.4) is 0 Å². The molecule has 1 aliphatic rings. The van der Waals surface area contributed by atoms with Crippen molar-refractivity contribution in [1.82, 2.24) is 10.6 Å². The van der Waals surface area contributed by atoms with Gasteiger partial charge in [0.1, 0.15) is 5.82 Å². The van der Waals surface area contributed by atoms with Gasteiger partial charge in [-0.3, -0.25) is 9.59 Å². The first kappa shape index (κ1) is 15.5. The summed E-state index contributed by atoms with van der Waals surface area (Å²) in [6, 6.07) is 6.53. The van der Waals surface area contributed by atoms with Crippen LogP contribution in [-0.2, 0) is 16.0 Å². The number of halogens is 1. The molecule has 4 nitrogen and oxygen atoms in total. The Hall–Kier alpha value is -1.91. The molecule has 0 heterocycles. The molecule has 1 aromatic rings. The lowest BCUT2D eigenvalue weighted by atomic mass is 10.1. The van der Waals surface area contributed by atoms with Crippen LogP contribution in [0.4, 0.5) is 4.39 Å². The predicted molar refractivity (Wildman–Crippen MR) is 78.0 cm³/mol. The van der Waals surface area contributed by atoms with E-state index in [2.05, 4.69) is 10.6 Å². The van der Waals surface area contributed by atoms with Crippen LogP contribution in [0.1, 0.15) is 25.3 Å². The maximum Gasteiger partial charge on any atom is 0.223 e. The first-order chi connectivity index (χ1) is 10.1. The fraction of sp³-hybridized carbons (Fsp3) is 0.500. The molecule has 1 aromatic carbocycles. The van der Waals surface area contributed by atoms with Gasteiger partial charge in [0.25, 0.3) is 0 Å². The smallest absolute Gasteiger partial charge is 0.223 e. The molecule has 2 N–H and O–H groups in total. The Morgan fingerprint density at radius 3 is 2.38 bits per heavy atom. The second-order valence-corrected chi connectivity index (χ2v) is 5.37. The molecule has 21 heavy (non-hydrogen) atoms. The van der Waals surface area contributed by atoms with Crippen molar-refractivity contribution in [3.8, 4) is 0 Å². The number of hydrogen-bond acceptors (Lipinski definition) is 2. The van der Waals surface area contributed by atoms with Gasteiger partial charge in [0.15, 0.2) is 0 Å². The zero-order valence-electron chi connectivity index (χ0n) is 12.2. The standard InChI is InChI=1S/C16H21FN2O2/c1-2-8-18-15(20)12-10-13(12)16(21)19-9-7-11-5-3-4-6-14(11)17/h3-6,12-13H,2,7-10H2,1H3,(H,18,20)(H,19,21). The van der Waals surface area contributed by atoms with Gasteiger partial charge in [-0.1, -0.05) is 25.1 Å². The molecule has 0 spiro atoms. The first-order valence-electron chi connectivity index (χ1n) is 7.42. The van der Waals surface area contributed by atoms with E-state index in [1.165, 1.54) is 6.07 Å². The van der Waals surface area contributed by atoms with Crippen molar-refractivity contribution in [2.45, 2.75) is 26.2 Å². The molecular weight excluding hydrogens is 271 g/mol. The molecule has 2 atom stereocenters. The second-order valence-electron chi connectivity index (χ2n) is 5.37. The topological polar surface area (TPSA) is 58.2 Å². The molecule has 0 saturated heterocycles. The summed E-state index contributed by atoms with van der Waals surface area (Å²) in [7, 11) is 0. The molecule has 2 amide bonds. The summed E-state index contributed by atoms with van der Waals surface area (Å²) in [5, 5.41) is 5.58. The minimum atomic E-state index is -0.255. The Bertz CT molecular complexity index is 519. The van der Waals surface area contributed by atoms with Gasteiger partial charge < -0.3 is 10.6 Å². The van der Waals surface area contributed by atoms with E-state index in [0.717, 1.165) is 6.42 Å². The molecule has 0 radical (unpaired) electrons. The maximum absolute atomic E-state index is 13.4. The monoisotopic (exact) mass is 292 g/mol. The largest absolute Gasteiger partial charge is 0.356 e. The molecule has 2 unspecified atom stereocenters. The van der Waals surface area contributed by atoms with Gasteiger partial charge in [0.2, 0.25) is 11.8 Å². The van der Waals surface area contributed by atoms with E-state index < -0.39 is 0 Å². The van der Waals surface area contributed by atoms with Gasteiger partial charge in [-0.25, -0.2) is 4.39 Å². The normalized spacial score (nSPS) is 19.9. The van der Waals surface area contributed by atoms with E-state index in [1.807, 2.05) is 6.92 Å². The average Bonchev–Trinajstić information content (AvgIpc) is 3.27. The maximum atomic E-state index is 13.4. The average molecular weight is 292 g/mol. The third-order valence-electron chi connectivity index (χ3n) is 3.66. The molecule has 114 valence electrons. The number of carbonyl (C=O) groups is 2. The number of carbonyl (C=O) groups excluding carboxylic acids is 2. The van der Waals surface area contributed by atoms with E-state index in [9.17, 15) is 14.0 Å². The summed E-state index contributed by atoms with van der Waals surface area (Å²) < 4.78 is 13.4. The molecule has 0 aliphatic heterocycles. The number of hydrogen-bond donors (Lipinski definition) is 2. The van der Waals surface area contributed by atoms with Gasteiger partial charge in [0, 0.05) is 13.1 Å². The Morgan fingerprint density at radius 1 is 1.14 bits per heavy atom. The van der Waals surface area contributed by atoms with Gasteiger partial charge in [-0.15, -0.1) is 0 Å². The minimum Gasteiger partial charge on any atom is -0.356 e. The first-order valence-corrected chi connectivity index (χ1v) is 7.42. The quantitative estimate of drug-likeness (QED) is 0.803. The Labute approximate surface area is 124 Å². The fourth-order valence-electron chi connectivity index (χ4n) is 2.31. The third kappa shape index (κ3) is 4.28. The zero-order chi connectivity index (χ0) is 15.2. The van der Waals surface area contributed by atoms with Crippen molar-refractivity contribution < 1.29 is 14.0 Å². The molecule has 1 saturated carbocycles. The second kappa shape index (κ2) is 7.20. The van der Waals surface area contributed by atoms with Crippen molar-refractivity contribution in [2.75, 3.05) is 13.1 Å². The highest BCUT2D eigenvalue weighted by Crippen LogP contribution is 2.38. The van der Waals surface area contributed by atoms with Crippen LogP contribution < -0.4 is 10.6 Å². The Kier molecular flexibility index (Phi) is 5.31. The minimum absolute atomic E-state index is 0.0360. The lowest BCUT2D eigenvalue weighted by Gasteiger charge is -2.06. The summed E-state index contributed by atoms with van der Waals surface area (Å²) in [4.78, 5) is 23.6. The lowest BCUT2D eigenvalue weighted by molar-refractivity contribution is -0.127. The number of amides is 2. The fourth-order valence-corrected chi connectivity index (χ4v) is 2.31. The van der Waals surface area contributed by atoms with Gasteiger partial charge >= 0.3 is 0 Å². The summed E-state index contributed by atoms with van der Waals surface area (Å²) >= 11 is 0. The van der Waals surface area contributed by atoms with E-state index >= 15 is 0 Å².